The fraction of sp³-hybridized carbons (Fsp3) is 0.571. The normalized spacial score (nSPS) is 25.5. The molecule has 3 heteroatoms. The lowest BCUT2D eigenvalue weighted by Crippen LogP contribution is -2.20. The number of rotatable bonds is 2. The lowest BCUT2D eigenvalue weighted by Gasteiger charge is -2.22. The minimum absolute atomic E-state index is 0.194. The molecule has 0 aliphatic heterocycles. The van der Waals surface area contributed by atoms with E-state index in [2.05, 4.69) is 10.3 Å². The first kappa shape index (κ1) is 10.8. The van der Waals surface area contributed by atoms with E-state index in [1.165, 1.54) is 32.1 Å². The van der Waals surface area contributed by atoms with Gasteiger partial charge in [0.05, 0.1) is 11.9 Å². The molecule has 1 spiro atoms. The van der Waals surface area contributed by atoms with E-state index < -0.39 is 0 Å². The summed E-state index contributed by atoms with van der Waals surface area (Å²) in [6, 6.07) is 3.74. The average Bonchev–Trinajstić information content (AvgIpc) is 3.05. The molecule has 0 bridgehead atoms. The Labute approximate surface area is 102 Å². The van der Waals surface area contributed by atoms with E-state index >= 15 is 0 Å². The van der Waals surface area contributed by atoms with Gasteiger partial charge in [-0.05, 0) is 36.8 Å². The van der Waals surface area contributed by atoms with Gasteiger partial charge in [0.25, 0.3) is 0 Å². The van der Waals surface area contributed by atoms with Crippen LogP contribution in [-0.2, 0) is 4.79 Å². The topological polar surface area (TPSA) is 42.0 Å². The van der Waals surface area contributed by atoms with Crippen LogP contribution < -0.4 is 5.32 Å². The van der Waals surface area contributed by atoms with Gasteiger partial charge in [-0.2, -0.15) is 0 Å². The summed E-state index contributed by atoms with van der Waals surface area (Å²) >= 11 is 0. The summed E-state index contributed by atoms with van der Waals surface area (Å²) in [4.78, 5) is 16.1. The fourth-order valence-electron chi connectivity index (χ4n) is 3.19. The minimum Gasteiger partial charge on any atom is -0.324 e. The first-order valence-corrected chi connectivity index (χ1v) is 6.51. The van der Waals surface area contributed by atoms with Crippen molar-refractivity contribution in [2.24, 2.45) is 11.3 Å². The molecule has 1 atom stereocenters. The molecule has 0 saturated heterocycles. The largest absolute Gasteiger partial charge is 0.324 e. The number of nitrogens with zero attached hydrogens (tertiary/aromatic N) is 1. The highest BCUT2D eigenvalue weighted by Crippen LogP contribution is 2.61. The molecule has 1 aromatic rings. The third-order valence-electron chi connectivity index (χ3n) is 4.28. The third-order valence-corrected chi connectivity index (χ3v) is 4.28. The number of aromatic nitrogens is 1. The number of hydrogen-bond acceptors (Lipinski definition) is 2. The van der Waals surface area contributed by atoms with Crippen LogP contribution in [0.1, 0.15) is 38.5 Å². The first-order chi connectivity index (χ1) is 8.30. The monoisotopic (exact) mass is 230 g/mol. The van der Waals surface area contributed by atoms with E-state index in [4.69, 9.17) is 0 Å². The van der Waals surface area contributed by atoms with Crippen molar-refractivity contribution in [2.45, 2.75) is 38.5 Å². The van der Waals surface area contributed by atoms with Gasteiger partial charge in [-0.15, -0.1) is 0 Å². The van der Waals surface area contributed by atoms with E-state index in [1.807, 2.05) is 12.1 Å². The van der Waals surface area contributed by atoms with Crippen LogP contribution in [0.3, 0.4) is 0 Å². The van der Waals surface area contributed by atoms with Crippen molar-refractivity contribution < 1.29 is 4.79 Å². The van der Waals surface area contributed by atoms with Crippen molar-refractivity contribution >= 4 is 11.6 Å². The summed E-state index contributed by atoms with van der Waals surface area (Å²) in [5, 5.41) is 2.97. The molecular formula is C14H18N2O. The molecule has 2 fully saturated rings. The zero-order valence-electron chi connectivity index (χ0n) is 9.98. The standard InChI is InChI=1S/C14H18N2O/c17-13(16-11-5-4-8-15-10-11)12-9-14(12)6-2-1-3-7-14/h4-5,8,10,12H,1-3,6-7,9H2,(H,16,17)/t12-/m1/s1. The van der Waals surface area contributed by atoms with Gasteiger partial charge in [-0.1, -0.05) is 19.3 Å². The quantitative estimate of drug-likeness (QED) is 0.848. The molecule has 1 N–H and O–H groups in total. The van der Waals surface area contributed by atoms with Crippen LogP contribution in [0.2, 0.25) is 0 Å². The molecule has 3 nitrogen and oxygen atoms in total. The number of pyridine rings is 1. The Morgan fingerprint density at radius 1 is 1.35 bits per heavy atom. The summed E-state index contributed by atoms with van der Waals surface area (Å²) in [5.74, 6) is 0.447. The number of anilines is 1. The Kier molecular flexibility index (Phi) is 2.61. The highest BCUT2D eigenvalue weighted by Gasteiger charge is 2.57. The number of carbonyl (C=O) groups excluding carboxylic acids is 1. The summed E-state index contributed by atoms with van der Waals surface area (Å²) in [5.41, 5.74) is 1.18. The second-order valence-corrected chi connectivity index (χ2v) is 5.41. The Morgan fingerprint density at radius 3 is 2.88 bits per heavy atom. The van der Waals surface area contributed by atoms with Gasteiger partial charge < -0.3 is 5.32 Å². The molecule has 1 heterocycles. The molecule has 2 aliphatic carbocycles. The number of carbonyl (C=O) groups is 1. The molecule has 0 aromatic carbocycles. The molecule has 1 aromatic heterocycles. The van der Waals surface area contributed by atoms with Crippen molar-refractivity contribution in [1.82, 2.24) is 4.98 Å². The second kappa shape index (κ2) is 4.13. The zero-order valence-corrected chi connectivity index (χ0v) is 9.98. The Morgan fingerprint density at radius 2 is 2.18 bits per heavy atom. The number of nitrogens with one attached hydrogen (secondary N) is 1. The molecule has 3 rings (SSSR count). The predicted molar refractivity (Wildman–Crippen MR) is 66.5 cm³/mol. The Hall–Kier alpha value is -1.38. The van der Waals surface area contributed by atoms with E-state index in [0.717, 1.165) is 12.1 Å². The highest BCUT2D eigenvalue weighted by molar-refractivity contribution is 5.94. The van der Waals surface area contributed by atoms with Crippen LogP contribution in [0.5, 0.6) is 0 Å². The number of hydrogen-bond donors (Lipinski definition) is 1. The summed E-state index contributed by atoms with van der Waals surface area (Å²) in [7, 11) is 0. The average molecular weight is 230 g/mol. The molecular weight excluding hydrogens is 212 g/mol. The van der Waals surface area contributed by atoms with Crippen LogP contribution in [0.25, 0.3) is 0 Å². The maximum atomic E-state index is 12.1. The van der Waals surface area contributed by atoms with E-state index in [1.54, 1.807) is 12.4 Å². The van der Waals surface area contributed by atoms with E-state index in [-0.39, 0.29) is 11.8 Å². The molecule has 1 amide bonds. The molecule has 17 heavy (non-hydrogen) atoms. The second-order valence-electron chi connectivity index (χ2n) is 5.41. The van der Waals surface area contributed by atoms with Crippen molar-refractivity contribution in [2.75, 3.05) is 5.32 Å². The van der Waals surface area contributed by atoms with Crippen molar-refractivity contribution in [3.63, 3.8) is 0 Å². The maximum absolute atomic E-state index is 12.1. The lowest BCUT2D eigenvalue weighted by atomic mass is 9.84. The molecule has 2 saturated carbocycles. The molecule has 0 radical (unpaired) electrons. The highest BCUT2D eigenvalue weighted by atomic mass is 16.2. The van der Waals surface area contributed by atoms with Gasteiger partial charge in [0.15, 0.2) is 0 Å². The van der Waals surface area contributed by atoms with Gasteiger partial charge in [-0.25, -0.2) is 0 Å². The SMILES string of the molecule is O=C(Nc1cccnc1)[C@H]1CC12CCCCC2. The summed E-state index contributed by atoms with van der Waals surface area (Å²) < 4.78 is 0. The number of amides is 1. The predicted octanol–water partition coefficient (Wildman–Crippen LogP) is 2.99. The molecule has 90 valence electrons. The smallest absolute Gasteiger partial charge is 0.228 e. The van der Waals surface area contributed by atoms with Gasteiger partial charge in [0, 0.05) is 12.1 Å². The minimum atomic E-state index is 0.194. The van der Waals surface area contributed by atoms with Gasteiger partial charge in [0.2, 0.25) is 5.91 Å². The van der Waals surface area contributed by atoms with Crippen LogP contribution in [0.15, 0.2) is 24.5 Å². The molecule has 0 unspecified atom stereocenters. The van der Waals surface area contributed by atoms with Crippen LogP contribution >= 0.6 is 0 Å². The maximum Gasteiger partial charge on any atom is 0.228 e. The summed E-state index contributed by atoms with van der Waals surface area (Å²) in [6.45, 7) is 0. The van der Waals surface area contributed by atoms with Crippen LogP contribution in [0, 0.1) is 11.3 Å². The summed E-state index contributed by atoms with van der Waals surface area (Å²) in [6.07, 6.45) is 11.0. The molecule has 2 aliphatic rings. The van der Waals surface area contributed by atoms with Gasteiger partial charge in [0.1, 0.15) is 0 Å². The Bertz CT molecular complexity index is 409. The van der Waals surface area contributed by atoms with Gasteiger partial charge >= 0.3 is 0 Å². The first-order valence-electron chi connectivity index (χ1n) is 6.51. The van der Waals surface area contributed by atoms with E-state index in [0.29, 0.717) is 5.41 Å². The van der Waals surface area contributed by atoms with Crippen LogP contribution in [-0.4, -0.2) is 10.9 Å². The van der Waals surface area contributed by atoms with Crippen LogP contribution in [0.4, 0.5) is 5.69 Å². The lowest BCUT2D eigenvalue weighted by molar-refractivity contribution is -0.118. The fourth-order valence-corrected chi connectivity index (χ4v) is 3.19. The van der Waals surface area contributed by atoms with Crippen molar-refractivity contribution in [1.29, 1.82) is 0 Å². The van der Waals surface area contributed by atoms with Gasteiger partial charge in [-0.3, -0.25) is 9.78 Å². The zero-order chi connectivity index (χ0) is 11.7. The van der Waals surface area contributed by atoms with Crippen molar-refractivity contribution in [3.8, 4) is 0 Å². The third kappa shape index (κ3) is 2.06. The Balaban J connectivity index is 1.61. The van der Waals surface area contributed by atoms with E-state index in [9.17, 15) is 4.79 Å². The van der Waals surface area contributed by atoms with Crippen molar-refractivity contribution in [3.05, 3.63) is 24.5 Å².